The number of rotatable bonds is 3. The van der Waals surface area contributed by atoms with E-state index >= 15 is 0 Å². The molecule has 18 heavy (non-hydrogen) atoms. The predicted molar refractivity (Wildman–Crippen MR) is 64.2 cm³/mol. The molecular weight excluding hydrogens is 238 g/mol. The summed E-state index contributed by atoms with van der Waals surface area (Å²) in [6.07, 6.45) is 0. The van der Waals surface area contributed by atoms with Crippen LogP contribution in [0.1, 0.15) is 10.6 Å². The Morgan fingerprint density at radius 3 is 2.72 bits per heavy atom. The van der Waals surface area contributed by atoms with Gasteiger partial charge in [0.2, 0.25) is 0 Å². The van der Waals surface area contributed by atoms with E-state index in [0.29, 0.717) is 11.4 Å². The summed E-state index contributed by atoms with van der Waals surface area (Å²) < 4.78 is 4.77. The van der Waals surface area contributed by atoms with Crippen molar-refractivity contribution in [2.75, 3.05) is 11.1 Å². The van der Waals surface area contributed by atoms with Crippen LogP contribution in [0.2, 0.25) is 0 Å². The maximum Gasteiger partial charge on any atom is 0.433 e. The number of hydrogen-bond donors (Lipinski definition) is 2. The Morgan fingerprint density at radius 2 is 2.11 bits per heavy atom. The summed E-state index contributed by atoms with van der Waals surface area (Å²) in [7, 11) is 0. The topological polar surface area (TPSA) is 111 Å². The lowest BCUT2D eigenvalue weighted by Crippen LogP contribution is -2.10. The van der Waals surface area contributed by atoms with Crippen LogP contribution >= 0.6 is 0 Å². The van der Waals surface area contributed by atoms with E-state index in [1.165, 1.54) is 6.07 Å². The first-order valence-corrected chi connectivity index (χ1v) is 4.97. The number of nitrogens with two attached hydrogens (primary N) is 1. The molecular formula is C11H9N3O4. The first-order valence-electron chi connectivity index (χ1n) is 4.97. The van der Waals surface area contributed by atoms with Crippen molar-refractivity contribution in [3.05, 3.63) is 52.3 Å². The molecule has 1 heterocycles. The summed E-state index contributed by atoms with van der Waals surface area (Å²) >= 11 is 0. The van der Waals surface area contributed by atoms with Crippen LogP contribution < -0.4 is 11.1 Å². The van der Waals surface area contributed by atoms with Gasteiger partial charge in [-0.25, -0.2) is 0 Å². The zero-order valence-corrected chi connectivity index (χ0v) is 9.12. The number of anilines is 2. The predicted octanol–water partition coefficient (Wildman–Crippen LogP) is 2.02. The van der Waals surface area contributed by atoms with Crippen LogP contribution in [0.25, 0.3) is 0 Å². The molecule has 7 nitrogen and oxygen atoms in total. The molecule has 1 aromatic heterocycles. The molecule has 92 valence electrons. The van der Waals surface area contributed by atoms with Crippen molar-refractivity contribution >= 4 is 23.2 Å². The molecule has 1 aromatic carbocycles. The van der Waals surface area contributed by atoms with Gasteiger partial charge in [0, 0.05) is 11.4 Å². The highest BCUT2D eigenvalue weighted by atomic mass is 16.6. The highest BCUT2D eigenvalue weighted by Crippen LogP contribution is 2.18. The second kappa shape index (κ2) is 4.58. The zero-order valence-electron chi connectivity index (χ0n) is 9.12. The van der Waals surface area contributed by atoms with Gasteiger partial charge in [0.15, 0.2) is 5.76 Å². The van der Waals surface area contributed by atoms with E-state index in [4.69, 9.17) is 10.2 Å². The molecule has 1 amide bonds. The van der Waals surface area contributed by atoms with Gasteiger partial charge in [-0.15, -0.1) is 0 Å². The number of furan rings is 1. The number of nitrogens with one attached hydrogen (secondary N) is 1. The monoisotopic (exact) mass is 247 g/mol. The average molecular weight is 247 g/mol. The Kier molecular flexibility index (Phi) is 2.96. The van der Waals surface area contributed by atoms with E-state index in [1.807, 2.05) is 0 Å². The van der Waals surface area contributed by atoms with Crippen LogP contribution in [0.5, 0.6) is 0 Å². The lowest BCUT2D eigenvalue weighted by atomic mass is 10.3. The summed E-state index contributed by atoms with van der Waals surface area (Å²) in [6, 6.07) is 8.91. The molecule has 0 saturated carbocycles. The van der Waals surface area contributed by atoms with Gasteiger partial charge in [-0.2, -0.15) is 0 Å². The number of hydrogen-bond acceptors (Lipinski definition) is 5. The average Bonchev–Trinajstić information content (AvgIpc) is 2.78. The Bertz CT molecular complexity index is 606. The van der Waals surface area contributed by atoms with Gasteiger partial charge in [-0.05, 0) is 24.3 Å². The van der Waals surface area contributed by atoms with Crippen molar-refractivity contribution in [2.24, 2.45) is 0 Å². The lowest BCUT2D eigenvalue weighted by molar-refractivity contribution is -0.402. The van der Waals surface area contributed by atoms with Crippen LogP contribution in [0.4, 0.5) is 17.3 Å². The third-order valence-corrected chi connectivity index (χ3v) is 2.14. The molecule has 0 fully saturated rings. The molecule has 0 bridgehead atoms. The highest BCUT2D eigenvalue weighted by molar-refractivity contribution is 6.02. The molecule has 0 spiro atoms. The Labute approximate surface area is 101 Å². The second-order valence-electron chi connectivity index (χ2n) is 3.47. The molecule has 0 aliphatic heterocycles. The van der Waals surface area contributed by atoms with E-state index in [9.17, 15) is 14.9 Å². The van der Waals surface area contributed by atoms with Crippen LogP contribution in [-0.4, -0.2) is 10.8 Å². The van der Waals surface area contributed by atoms with E-state index in [-0.39, 0.29) is 5.76 Å². The number of amides is 1. The third-order valence-electron chi connectivity index (χ3n) is 2.14. The molecule has 0 unspecified atom stereocenters. The van der Waals surface area contributed by atoms with Crippen molar-refractivity contribution in [2.45, 2.75) is 0 Å². The summed E-state index contributed by atoms with van der Waals surface area (Å²) in [5.41, 5.74) is 6.54. The fraction of sp³-hybridized carbons (Fsp3) is 0. The summed E-state index contributed by atoms with van der Waals surface area (Å²) in [6.45, 7) is 0. The third kappa shape index (κ3) is 2.46. The normalized spacial score (nSPS) is 10.0. The second-order valence-corrected chi connectivity index (χ2v) is 3.47. The Morgan fingerprint density at radius 1 is 1.33 bits per heavy atom. The lowest BCUT2D eigenvalue weighted by Gasteiger charge is -2.03. The summed E-state index contributed by atoms with van der Waals surface area (Å²) in [5.74, 6) is -1.19. The zero-order chi connectivity index (χ0) is 13.1. The van der Waals surface area contributed by atoms with E-state index in [0.717, 1.165) is 6.07 Å². The molecule has 0 radical (unpaired) electrons. The van der Waals surface area contributed by atoms with Gasteiger partial charge in [0.05, 0.1) is 6.07 Å². The number of carbonyl (C=O) groups is 1. The number of benzene rings is 1. The number of nitro groups is 1. The Balaban J connectivity index is 2.14. The minimum Gasteiger partial charge on any atom is -0.399 e. The van der Waals surface area contributed by atoms with Gasteiger partial charge in [-0.1, -0.05) is 6.07 Å². The van der Waals surface area contributed by atoms with Gasteiger partial charge < -0.3 is 15.5 Å². The van der Waals surface area contributed by atoms with Crippen molar-refractivity contribution in [3.8, 4) is 0 Å². The van der Waals surface area contributed by atoms with Crippen molar-refractivity contribution in [1.82, 2.24) is 0 Å². The van der Waals surface area contributed by atoms with E-state index < -0.39 is 16.7 Å². The largest absolute Gasteiger partial charge is 0.433 e. The minimum absolute atomic E-state index is 0.135. The fourth-order valence-corrected chi connectivity index (χ4v) is 1.36. The summed E-state index contributed by atoms with van der Waals surface area (Å²) in [5, 5.41) is 12.9. The minimum atomic E-state index is -0.711. The number of nitrogens with zero attached hydrogens (tertiary/aromatic N) is 1. The fourth-order valence-electron chi connectivity index (χ4n) is 1.36. The van der Waals surface area contributed by atoms with Crippen LogP contribution in [0, 0.1) is 10.1 Å². The molecule has 3 N–H and O–H groups in total. The highest BCUT2D eigenvalue weighted by Gasteiger charge is 2.17. The van der Waals surface area contributed by atoms with Gasteiger partial charge >= 0.3 is 5.88 Å². The standard InChI is InChI=1S/C11H9N3O4/c12-7-2-1-3-8(6-7)13-11(15)9-4-5-10(18-9)14(16)17/h1-6H,12H2,(H,13,15). The van der Waals surface area contributed by atoms with Crippen molar-refractivity contribution < 1.29 is 14.1 Å². The SMILES string of the molecule is Nc1cccc(NC(=O)c2ccc([N+](=O)[O-])o2)c1. The number of nitrogen functional groups attached to an aromatic ring is 1. The molecule has 7 heteroatoms. The smallest absolute Gasteiger partial charge is 0.399 e. The molecule has 0 aliphatic rings. The molecule has 0 aliphatic carbocycles. The summed E-state index contributed by atoms with van der Waals surface area (Å²) in [4.78, 5) is 21.4. The van der Waals surface area contributed by atoms with Gasteiger partial charge in [-0.3, -0.25) is 14.9 Å². The molecule has 2 rings (SSSR count). The first kappa shape index (κ1) is 11.6. The van der Waals surface area contributed by atoms with Gasteiger partial charge in [0.25, 0.3) is 5.91 Å². The van der Waals surface area contributed by atoms with Gasteiger partial charge in [0.1, 0.15) is 4.92 Å². The van der Waals surface area contributed by atoms with E-state index in [1.54, 1.807) is 24.3 Å². The number of carbonyl (C=O) groups excluding carboxylic acids is 1. The molecule has 2 aromatic rings. The van der Waals surface area contributed by atoms with Crippen molar-refractivity contribution in [1.29, 1.82) is 0 Å². The van der Waals surface area contributed by atoms with Crippen LogP contribution in [0.3, 0.4) is 0 Å². The van der Waals surface area contributed by atoms with Crippen LogP contribution in [-0.2, 0) is 0 Å². The molecule has 0 atom stereocenters. The Hall–Kier alpha value is -2.83. The van der Waals surface area contributed by atoms with E-state index in [2.05, 4.69) is 5.32 Å². The maximum absolute atomic E-state index is 11.7. The van der Waals surface area contributed by atoms with Crippen molar-refractivity contribution in [3.63, 3.8) is 0 Å². The molecule has 0 saturated heterocycles. The maximum atomic E-state index is 11.7. The van der Waals surface area contributed by atoms with Crippen LogP contribution in [0.15, 0.2) is 40.8 Å². The quantitative estimate of drug-likeness (QED) is 0.489. The first-order chi connectivity index (χ1) is 8.56.